The lowest BCUT2D eigenvalue weighted by Gasteiger charge is -2.28. The minimum atomic E-state index is -1.04. The van der Waals surface area contributed by atoms with Gasteiger partial charge >= 0.3 is 5.97 Å². The molecule has 0 amide bonds. The fraction of sp³-hybridized carbons (Fsp3) is 0.462. The minimum absolute atomic E-state index is 0.101. The van der Waals surface area contributed by atoms with Crippen LogP contribution in [0.5, 0.6) is 0 Å². The number of carboxylic acids is 1. The fourth-order valence-corrected chi connectivity index (χ4v) is 2.22. The van der Waals surface area contributed by atoms with E-state index in [2.05, 4.69) is 12.2 Å². The molecule has 0 heterocycles. The Balaban J connectivity index is 3.19. The van der Waals surface area contributed by atoms with Crippen molar-refractivity contribution in [2.75, 3.05) is 11.1 Å². The molecule has 0 atom stereocenters. The predicted molar refractivity (Wildman–Crippen MR) is 75.4 cm³/mol. The number of carbonyl (C=O) groups is 1. The van der Waals surface area contributed by atoms with Crippen molar-refractivity contribution in [3.8, 4) is 0 Å². The molecule has 0 aliphatic carbocycles. The third-order valence-electron chi connectivity index (χ3n) is 2.68. The van der Waals surface area contributed by atoms with E-state index in [1.54, 1.807) is 6.07 Å². The van der Waals surface area contributed by atoms with Gasteiger partial charge in [0.05, 0.1) is 16.3 Å². The van der Waals surface area contributed by atoms with Crippen LogP contribution in [0.4, 0.5) is 11.4 Å². The Labute approximate surface area is 112 Å². The molecule has 1 rings (SSSR count). The van der Waals surface area contributed by atoms with Crippen LogP contribution >= 0.6 is 11.6 Å². The number of halogens is 1. The molecule has 0 spiro atoms. The highest BCUT2D eigenvalue weighted by Gasteiger charge is 2.22. The molecule has 0 aromatic heterocycles. The zero-order chi connectivity index (χ0) is 13.9. The summed E-state index contributed by atoms with van der Waals surface area (Å²) in [5, 5.41) is 12.7. The second kappa shape index (κ2) is 5.48. The van der Waals surface area contributed by atoms with Gasteiger partial charge in [-0.2, -0.15) is 0 Å². The SMILES string of the molecule is CCCC(C)(C)Nc1c(Cl)cc(N)cc1C(=O)O. The van der Waals surface area contributed by atoms with Crippen LogP contribution in [0.15, 0.2) is 12.1 Å². The van der Waals surface area contributed by atoms with Crippen molar-refractivity contribution >= 4 is 28.9 Å². The average molecular weight is 271 g/mol. The number of aromatic carboxylic acids is 1. The van der Waals surface area contributed by atoms with Crippen LogP contribution in [0.25, 0.3) is 0 Å². The molecule has 4 nitrogen and oxygen atoms in total. The Kier molecular flexibility index (Phi) is 4.46. The summed E-state index contributed by atoms with van der Waals surface area (Å²) >= 11 is 6.08. The maximum Gasteiger partial charge on any atom is 0.337 e. The summed E-state index contributed by atoms with van der Waals surface area (Å²) in [6.07, 6.45) is 1.90. The van der Waals surface area contributed by atoms with Crippen LogP contribution in [0.3, 0.4) is 0 Å². The molecule has 0 saturated heterocycles. The normalized spacial score (nSPS) is 11.3. The number of hydrogen-bond acceptors (Lipinski definition) is 3. The molecule has 0 unspecified atom stereocenters. The van der Waals surface area contributed by atoms with Gasteiger partial charge in [0.2, 0.25) is 0 Å². The lowest BCUT2D eigenvalue weighted by Crippen LogP contribution is -2.31. The summed E-state index contributed by atoms with van der Waals surface area (Å²) in [4.78, 5) is 11.2. The predicted octanol–water partition coefficient (Wildman–Crippen LogP) is 3.61. The molecule has 5 heteroatoms. The van der Waals surface area contributed by atoms with Gasteiger partial charge in [-0.25, -0.2) is 4.79 Å². The van der Waals surface area contributed by atoms with E-state index in [0.717, 1.165) is 12.8 Å². The molecule has 18 heavy (non-hydrogen) atoms. The highest BCUT2D eigenvalue weighted by atomic mass is 35.5. The summed E-state index contributed by atoms with van der Waals surface area (Å²) in [6, 6.07) is 2.97. The van der Waals surface area contributed by atoms with Gasteiger partial charge < -0.3 is 16.2 Å². The number of nitrogen functional groups attached to an aromatic ring is 1. The second-order valence-electron chi connectivity index (χ2n) is 4.99. The number of rotatable bonds is 5. The van der Waals surface area contributed by atoms with Crippen LogP contribution < -0.4 is 11.1 Å². The lowest BCUT2D eigenvalue weighted by atomic mass is 9.97. The molecule has 100 valence electrons. The van der Waals surface area contributed by atoms with Crippen LogP contribution in [0.1, 0.15) is 44.0 Å². The van der Waals surface area contributed by atoms with Gasteiger partial charge in [0.15, 0.2) is 0 Å². The van der Waals surface area contributed by atoms with E-state index in [-0.39, 0.29) is 11.1 Å². The molecule has 0 saturated carbocycles. The van der Waals surface area contributed by atoms with Crippen molar-refractivity contribution in [2.45, 2.75) is 39.2 Å². The number of hydrogen-bond donors (Lipinski definition) is 3. The number of carboxylic acid groups (broad SMARTS) is 1. The van der Waals surface area contributed by atoms with Crippen LogP contribution in [0, 0.1) is 0 Å². The number of nitrogens with one attached hydrogen (secondary N) is 1. The quantitative estimate of drug-likeness (QED) is 0.715. The van der Waals surface area contributed by atoms with E-state index in [4.69, 9.17) is 17.3 Å². The fourth-order valence-electron chi connectivity index (χ4n) is 1.95. The van der Waals surface area contributed by atoms with Gasteiger partial charge in [-0.05, 0) is 32.4 Å². The van der Waals surface area contributed by atoms with Gasteiger partial charge in [-0.15, -0.1) is 0 Å². The first-order valence-electron chi connectivity index (χ1n) is 5.87. The van der Waals surface area contributed by atoms with Crippen molar-refractivity contribution in [1.82, 2.24) is 0 Å². The highest BCUT2D eigenvalue weighted by Crippen LogP contribution is 2.32. The number of anilines is 2. The molecule has 0 radical (unpaired) electrons. The maximum atomic E-state index is 11.2. The Morgan fingerprint density at radius 1 is 1.50 bits per heavy atom. The molecule has 1 aromatic carbocycles. The average Bonchev–Trinajstić information content (AvgIpc) is 2.21. The zero-order valence-corrected chi connectivity index (χ0v) is 11.6. The standard InChI is InChI=1S/C13H19ClN2O2/c1-4-5-13(2,3)16-11-9(12(17)18)6-8(15)7-10(11)14/h6-7,16H,4-5,15H2,1-3H3,(H,17,18). The summed E-state index contributed by atoms with van der Waals surface area (Å²) in [6.45, 7) is 6.09. The molecule has 4 N–H and O–H groups in total. The topological polar surface area (TPSA) is 75.3 Å². The second-order valence-corrected chi connectivity index (χ2v) is 5.40. The number of benzene rings is 1. The molecular weight excluding hydrogens is 252 g/mol. The van der Waals surface area contributed by atoms with E-state index in [0.29, 0.717) is 16.4 Å². The summed E-state index contributed by atoms with van der Waals surface area (Å²) < 4.78 is 0. The summed E-state index contributed by atoms with van der Waals surface area (Å²) in [7, 11) is 0. The molecule has 0 aliphatic heterocycles. The minimum Gasteiger partial charge on any atom is -0.478 e. The van der Waals surface area contributed by atoms with E-state index < -0.39 is 5.97 Å². The third kappa shape index (κ3) is 3.53. The lowest BCUT2D eigenvalue weighted by molar-refractivity contribution is 0.0698. The largest absolute Gasteiger partial charge is 0.478 e. The molecule has 1 aromatic rings. The summed E-state index contributed by atoms with van der Waals surface area (Å²) in [5.41, 5.74) is 6.26. The van der Waals surface area contributed by atoms with Crippen LogP contribution in [0.2, 0.25) is 5.02 Å². The van der Waals surface area contributed by atoms with Gasteiger partial charge in [0, 0.05) is 11.2 Å². The van der Waals surface area contributed by atoms with E-state index >= 15 is 0 Å². The van der Waals surface area contributed by atoms with Crippen LogP contribution in [-0.2, 0) is 0 Å². The molecule has 0 aliphatic rings. The monoisotopic (exact) mass is 270 g/mol. The van der Waals surface area contributed by atoms with Crippen molar-refractivity contribution in [3.63, 3.8) is 0 Å². The first kappa shape index (κ1) is 14.6. The Morgan fingerprint density at radius 2 is 2.11 bits per heavy atom. The van der Waals surface area contributed by atoms with Gasteiger partial charge in [0.25, 0.3) is 0 Å². The highest BCUT2D eigenvalue weighted by molar-refractivity contribution is 6.34. The van der Waals surface area contributed by atoms with Gasteiger partial charge in [-0.1, -0.05) is 24.9 Å². The van der Waals surface area contributed by atoms with Crippen LogP contribution in [-0.4, -0.2) is 16.6 Å². The molecule has 0 fully saturated rings. The van der Waals surface area contributed by atoms with E-state index in [9.17, 15) is 9.90 Å². The molecule has 0 bridgehead atoms. The van der Waals surface area contributed by atoms with Crippen molar-refractivity contribution in [3.05, 3.63) is 22.7 Å². The molecular formula is C13H19ClN2O2. The smallest absolute Gasteiger partial charge is 0.337 e. The maximum absolute atomic E-state index is 11.2. The number of nitrogens with two attached hydrogens (primary N) is 1. The van der Waals surface area contributed by atoms with Gasteiger partial charge in [-0.3, -0.25) is 0 Å². The van der Waals surface area contributed by atoms with E-state index in [1.165, 1.54) is 6.07 Å². The summed E-state index contributed by atoms with van der Waals surface area (Å²) in [5.74, 6) is -1.04. The van der Waals surface area contributed by atoms with Crippen molar-refractivity contribution < 1.29 is 9.90 Å². The first-order valence-corrected chi connectivity index (χ1v) is 6.25. The Hall–Kier alpha value is -1.42. The third-order valence-corrected chi connectivity index (χ3v) is 2.98. The Morgan fingerprint density at radius 3 is 2.61 bits per heavy atom. The van der Waals surface area contributed by atoms with E-state index in [1.807, 2.05) is 13.8 Å². The first-order chi connectivity index (χ1) is 8.26. The van der Waals surface area contributed by atoms with Crippen molar-refractivity contribution in [2.24, 2.45) is 0 Å². The van der Waals surface area contributed by atoms with Gasteiger partial charge in [0.1, 0.15) is 0 Å². The Bertz CT molecular complexity index is 459. The van der Waals surface area contributed by atoms with Crippen molar-refractivity contribution in [1.29, 1.82) is 0 Å². The zero-order valence-electron chi connectivity index (χ0n) is 10.9.